The number of aromatic nitrogens is 3. The number of esters is 1. The first-order chi connectivity index (χ1) is 10.7. The van der Waals surface area contributed by atoms with E-state index in [1.807, 2.05) is 12.1 Å². The normalized spacial score (nSPS) is 17.2. The largest absolute Gasteiger partial charge is 0.469 e. The zero-order chi connectivity index (χ0) is 15.5. The first-order valence-electron chi connectivity index (χ1n) is 7.23. The number of methoxy groups -OCH3 is 1. The van der Waals surface area contributed by atoms with Crippen molar-refractivity contribution < 1.29 is 9.53 Å². The number of carbonyl (C=O) groups is 1. The standard InChI is InChI=1S/C16H16N4O2/c1-22-16(21)13-6-7-14-18-19-15(20(14)9-8-13)12-4-2-11(10-17)3-5-12/h2-5,13H,6-9H2,1H3. The van der Waals surface area contributed by atoms with Gasteiger partial charge in [0.05, 0.1) is 24.7 Å². The Morgan fingerprint density at radius 2 is 2.09 bits per heavy atom. The number of benzene rings is 1. The van der Waals surface area contributed by atoms with Crippen molar-refractivity contribution in [2.24, 2.45) is 5.92 Å². The maximum atomic E-state index is 11.7. The Morgan fingerprint density at radius 3 is 2.77 bits per heavy atom. The van der Waals surface area contributed by atoms with Gasteiger partial charge in [0.2, 0.25) is 0 Å². The molecule has 6 nitrogen and oxygen atoms in total. The summed E-state index contributed by atoms with van der Waals surface area (Å²) in [7, 11) is 1.43. The molecule has 0 saturated heterocycles. The second kappa shape index (κ2) is 5.98. The number of rotatable bonds is 2. The topological polar surface area (TPSA) is 80.8 Å². The van der Waals surface area contributed by atoms with E-state index in [1.54, 1.807) is 12.1 Å². The van der Waals surface area contributed by atoms with E-state index in [1.165, 1.54) is 7.11 Å². The van der Waals surface area contributed by atoms with E-state index < -0.39 is 0 Å². The van der Waals surface area contributed by atoms with Gasteiger partial charge in [0.15, 0.2) is 5.82 Å². The Hall–Kier alpha value is -2.68. The van der Waals surface area contributed by atoms with Crippen LogP contribution in [0.25, 0.3) is 11.4 Å². The highest BCUT2D eigenvalue weighted by atomic mass is 16.5. The van der Waals surface area contributed by atoms with Gasteiger partial charge in [-0.05, 0) is 37.1 Å². The zero-order valence-corrected chi connectivity index (χ0v) is 12.3. The van der Waals surface area contributed by atoms with Gasteiger partial charge in [-0.1, -0.05) is 0 Å². The number of fused-ring (bicyclic) bond motifs is 1. The maximum absolute atomic E-state index is 11.7. The van der Waals surface area contributed by atoms with Crippen LogP contribution in [0.4, 0.5) is 0 Å². The van der Waals surface area contributed by atoms with Gasteiger partial charge in [-0.25, -0.2) is 0 Å². The molecule has 1 aliphatic heterocycles. The van der Waals surface area contributed by atoms with Gasteiger partial charge in [-0.2, -0.15) is 5.26 Å². The quantitative estimate of drug-likeness (QED) is 0.791. The van der Waals surface area contributed by atoms with Gasteiger partial charge in [-0.15, -0.1) is 10.2 Å². The van der Waals surface area contributed by atoms with E-state index in [2.05, 4.69) is 20.8 Å². The Balaban J connectivity index is 1.87. The SMILES string of the molecule is COC(=O)C1CCc2nnc(-c3ccc(C#N)cc3)n2CC1. The number of nitrogens with zero attached hydrogens (tertiary/aromatic N) is 4. The third kappa shape index (κ3) is 2.58. The highest BCUT2D eigenvalue weighted by Gasteiger charge is 2.25. The van der Waals surface area contributed by atoms with Crippen LogP contribution in [0.15, 0.2) is 24.3 Å². The molecule has 2 heterocycles. The smallest absolute Gasteiger partial charge is 0.308 e. The lowest BCUT2D eigenvalue weighted by atomic mass is 10.0. The van der Waals surface area contributed by atoms with Crippen LogP contribution in [0.1, 0.15) is 24.2 Å². The summed E-state index contributed by atoms with van der Waals surface area (Å²) in [4.78, 5) is 11.7. The van der Waals surface area contributed by atoms with E-state index in [0.717, 1.165) is 30.1 Å². The van der Waals surface area contributed by atoms with Gasteiger partial charge < -0.3 is 9.30 Å². The lowest BCUT2D eigenvalue weighted by Crippen LogP contribution is -2.16. The van der Waals surface area contributed by atoms with Gasteiger partial charge in [0.25, 0.3) is 0 Å². The Morgan fingerprint density at radius 1 is 1.32 bits per heavy atom. The first-order valence-corrected chi connectivity index (χ1v) is 7.23. The predicted octanol–water partition coefficient (Wildman–Crippen LogP) is 1.94. The monoisotopic (exact) mass is 296 g/mol. The summed E-state index contributed by atoms with van der Waals surface area (Å²) in [6.45, 7) is 0.692. The van der Waals surface area contributed by atoms with Crippen LogP contribution in [0.2, 0.25) is 0 Å². The van der Waals surface area contributed by atoms with Crippen LogP contribution < -0.4 is 0 Å². The molecule has 0 amide bonds. The van der Waals surface area contributed by atoms with Crippen molar-refractivity contribution in [3.05, 3.63) is 35.7 Å². The number of hydrogen-bond donors (Lipinski definition) is 0. The summed E-state index contributed by atoms with van der Waals surface area (Å²) in [6, 6.07) is 9.39. The summed E-state index contributed by atoms with van der Waals surface area (Å²) in [5, 5.41) is 17.4. The van der Waals surface area contributed by atoms with E-state index in [0.29, 0.717) is 18.5 Å². The maximum Gasteiger partial charge on any atom is 0.308 e. The van der Waals surface area contributed by atoms with Gasteiger partial charge in [-0.3, -0.25) is 4.79 Å². The number of nitriles is 1. The van der Waals surface area contributed by atoms with Crippen LogP contribution in [-0.2, 0) is 22.5 Å². The van der Waals surface area contributed by atoms with Crippen LogP contribution in [0.3, 0.4) is 0 Å². The minimum absolute atomic E-state index is 0.0829. The molecule has 0 saturated carbocycles. The van der Waals surface area contributed by atoms with Crippen LogP contribution >= 0.6 is 0 Å². The molecule has 1 atom stereocenters. The number of carbonyl (C=O) groups excluding carboxylic acids is 1. The Bertz CT molecular complexity index is 728. The molecule has 6 heteroatoms. The van der Waals surface area contributed by atoms with Crippen LogP contribution in [0, 0.1) is 17.2 Å². The molecule has 1 aliphatic rings. The number of aryl methyl sites for hydroxylation is 1. The first kappa shape index (κ1) is 14.3. The molecule has 0 radical (unpaired) electrons. The van der Waals surface area contributed by atoms with E-state index in [-0.39, 0.29) is 11.9 Å². The molecule has 1 aromatic heterocycles. The van der Waals surface area contributed by atoms with Crippen molar-refractivity contribution in [1.82, 2.24) is 14.8 Å². The minimum atomic E-state index is -0.154. The van der Waals surface area contributed by atoms with Crippen molar-refractivity contribution >= 4 is 5.97 Å². The van der Waals surface area contributed by atoms with Crippen molar-refractivity contribution in [2.45, 2.75) is 25.8 Å². The minimum Gasteiger partial charge on any atom is -0.469 e. The summed E-state index contributed by atoms with van der Waals surface area (Å²) in [5.41, 5.74) is 1.54. The molecule has 2 aromatic rings. The van der Waals surface area contributed by atoms with Gasteiger partial charge >= 0.3 is 5.97 Å². The molecular formula is C16H16N4O2. The average Bonchev–Trinajstić information content (AvgIpc) is 2.85. The fraction of sp³-hybridized carbons (Fsp3) is 0.375. The van der Waals surface area contributed by atoms with Crippen molar-refractivity contribution in [1.29, 1.82) is 5.26 Å². The molecule has 0 aliphatic carbocycles. The van der Waals surface area contributed by atoms with E-state index in [9.17, 15) is 4.79 Å². The van der Waals surface area contributed by atoms with Crippen LogP contribution in [0.5, 0.6) is 0 Å². The van der Waals surface area contributed by atoms with Crippen molar-refractivity contribution in [2.75, 3.05) is 7.11 Å². The number of ether oxygens (including phenoxy) is 1. The highest BCUT2D eigenvalue weighted by Crippen LogP contribution is 2.25. The lowest BCUT2D eigenvalue weighted by molar-refractivity contribution is -0.145. The van der Waals surface area contributed by atoms with Gasteiger partial charge in [0, 0.05) is 18.5 Å². The Kier molecular flexibility index (Phi) is 3.88. The van der Waals surface area contributed by atoms with E-state index >= 15 is 0 Å². The zero-order valence-electron chi connectivity index (χ0n) is 12.3. The van der Waals surface area contributed by atoms with Crippen LogP contribution in [-0.4, -0.2) is 27.8 Å². The Labute approximate surface area is 128 Å². The summed E-state index contributed by atoms with van der Waals surface area (Å²) >= 11 is 0. The fourth-order valence-electron chi connectivity index (χ4n) is 2.80. The van der Waals surface area contributed by atoms with Crippen molar-refractivity contribution in [3.63, 3.8) is 0 Å². The molecule has 3 rings (SSSR count). The molecule has 1 aromatic carbocycles. The van der Waals surface area contributed by atoms with Gasteiger partial charge in [0.1, 0.15) is 5.82 Å². The molecular weight excluding hydrogens is 280 g/mol. The molecule has 0 spiro atoms. The summed E-state index contributed by atoms with van der Waals surface area (Å²) in [5.74, 6) is 1.44. The molecule has 0 fully saturated rings. The lowest BCUT2D eigenvalue weighted by Gasteiger charge is -2.11. The predicted molar refractivity (Wildman–Crippen MR) is 78.6 cm³/mol. The molecule has 0 bridgehead atoms. The molecule has 1 unspecified atom stereocenters. The average molecular weight is 296 g/mol. The third-order valence-corrected chi connectivity index (χ3v) is 4.05. The van der Waals surface area contributed by atoms with Crippen molar-refractivity contribution in [3.8, 4) is 17.5 Å². The molecule has 0 N–H and O–H groups in total. The second-order valence-corrected chi connectivity index (χ2v) is 5.33. The molecule has 22 heavy (non-hydrogen) atoms. The number of hydrogen-bond acceptors (Lipinski definition) is 5. The second-order valence-electron chi connectivity index (χ2n) is 5.33. The highest BCUT2D eigenvalue weighted by molar-refractivity contribution is 5.72. The fourth-order valence-corrected chi connectivity index (χ4v) is 2.80. The summed E-state index contributed by atoms with van der Waals surface area (Å²) in [6.07, 6.45) is 2.17. The van der Waals surface area contributed by atoms with E-state index in [4.69, 9.17) is 10.00 Å². The third-order valence-electron chi connectivity index (χ3n) is 4.05. The molecule has 112 valence electrons. The summed E-state index contributed by atoms with van der Waals surface area (Å²) < 4.78 is 6.91.